The molecule has 104 valence electrons. The van der Waals surface area contributed by atoms with E-state index in [0.29, 0.717) is 16.3 Å². The van der Waals surface area contributed by atoms with Crippen molar-refractivity contribution in [1.29, 1.82) is 0 Å². The van der Waals surface area contributed by atoms with Gasteiger partial charge < -0.3 is 11.1 Å². The van der Waals surface area contributed by atoms with Crippen molar-refractivity contribution in [2.24, 2.45) is 0 Å². The predicted octanol–water partition coefficient (Wildman–Crippen LogP) is 3.80. The van der Waals surface area contributed by atoms with Crippen LogP contribution in [0.25, 0.3) is 0 Å². The van der Waals surface area contributed by atoms with Crippen molar-refractivity contribution in [1.82, 2.24) is 5.32 Å². The molecular formula is C16H17ClN2O. The molecular weight excluding hydrogens is 272 g/mol. The van der Waals surface area contributed by atoms with E-state index in [-0.39, 0.29) is 11.9 Å². The Morgan fingerprint density at radius 3 is 2.55 bits per heavy atom. The van der Waals surface area contributed by atoms with E-state index in [2.05, 4.69) is 5.32 Å². The molecule has 0 aliphatic heterocycles. The van der Waals surface area contributed by atoms with Crippen LogP contribution in [0.1, 0.15) is 35.3 Å². The maximum Gasteiger partial charge on any atom is 0.251 e. The van der Waals surface area contributed by atoms with Gasteiger partial charge in [-0.25, -0.2) is 0 Å². The van der Waals surface area contributed by atoms with Gasteiger partial charge in [0.15, 0.2) is 0 Å². The highest BCUT2D eigenvalue weighted by Gasteiger charge is 2.14. The third-order valence-electron chi connectivity index (χ3n) is 3.14. The molecule has 0 spiro atoms. The first kappa shape index (κ1) is 14.4. The van der Waals surface area contributed by atoms with E-state index in [1.807, 2.05) is 31.2 Å². The van der Waals surface area contributed by atoms with Gasteiger partial charge >= 0.3 is 0 Å². The average Bonchev–Trinajstić information content (AvgIpc) is 2.45. The lowest BCUT2D eigenvalue weighted by Gasteiger charge is -2.18. The van der Waals surface area contributed by atoms with Crippen molar-refractivity contribution in [3.63, 3.8) is 0 Å². The zero-order chi connectivity index (χ0) is 14.5. The second-order valence-corrected chi connectivity index (χ2v) is 5.05. The molecule has 0 aromatic heterocycles. The van der Waals surface area contributed by atoms with E-state index in [4.69, 9.17) is 17.3 Å². The second-order valence-electron chi connectivity index (χ2n) is 4.61. The van der Waals surface area contributed by atoms with E-state index >= 15 is 0 Å². The molecule has 0 fully saturated rings. The summed E-state index contributed by atoms with van der Waals surface area (Å²) in [6.07, 6.45) is 0.793. The molecule has 2 aromatic carbocycles. The van der Waals surface area contributed by atoms with Gasteiger partial charge in [0.05, 0.1) is 6.04 Å². The molecule has 0 aliphatic carbocycles. The van der Waals surface area contributed by atoms with Crippen LogP contribution in [0.4, 0.5) is 5.69 Å². The maximum atomic E-state index is 12.2. The molecule has 1 atom stereocenters. The van der Waals surface area contributed by atoms with Crippen LogP contribution in [0.3, 0.4) is 0 Å². The third-order valence-corrected chi connectivity index (χ3v) is 3.37. The molecule has 0 radical (unpaired) electrons. The fourth-order valence-electron chi connectivity index (χ4n) is 2.02. The Morgan fingerprint density at radius 2 is 1.95 bits per heavy atom. The van der Waals surface area contributed by atoms with E-state index < -0.39 is 0 Å². The highest BCUT2D eigenvalue weighted by Crippen LogP contribution is 2.21. The van der Waals surface area contributed by atoms with E-state index in [1.54, 1.807) is 24.3 Å². The lowest BCUT2D eigenvalue weighted by molar-refractivity contribution is 0.0935. The zero-order valence-electron chi connectivity index (χ0n) is 11.3. The van der Waals surface area contributed by atoms with Gasteiger partial charge in [-0.1, -0.05) is 30.7 Å². The molecule has 1 amide bonds. The van der Waals surface area contributed by atoms with Crippen LogP contribution in [-0.2, 0) is 0 Å². The van der Waals surface area contributed by atoms with Crippen molar-refractivity contribution in [3.8, 4) is 0 Å². The Hall–Kier alpha value is -2.00. The molecule has 0 saturated carbocycles. The summed E-state index contributed by atoms with van der Waals surface area (Å²) in [5.41, 5.74) is 7.86. The van der Waals surface area contributed by atoms with Crippen LogP contribution in [0, 0.1) is 0 Å². The van der Waals surface area contributed by atoms with Crippen LogP contribution < -0.4 is 11.1 Å². The lowest BCUT2D eigenvalue weighted by Crippen LogP contribution is -2.28. The summed E-state index contributed by atoms with van der Waals surface area (Å²) >= 11 is 5.99. The molecule has 0 saturated heterocycles. The zero-order valence-corrected chi connectivity index (χ0v) is 12.0. The highest BCUT2D eigenvalue weighted by molar-refractivity contribution is 6.30. The molecule has 3 nitrogen and oxygen atoms in total. The van der Waals surface area contributed by atoms with E-state index in [9.17, 15) is 4.79 Å². The number of nitrogen functional groups attached to an aromatic ring is 1. The van der Waals surface area contributed by atoms with Crippen LogP contribution in [0.5, 0.6) is 0 Å². The minimum atomic E-state index is -0.114. The largest absolute Gasteiger partial charge is 0.399 e. The summed E-state index contributed by atoms with van der Waals surface area (Å²) in [6.45, 7) is 2.02. The Bertz CT molecular complexity index is 596. The molecule has 0 aliphatic rings. The Kier molecular flexibility index (Phi) is 4.64. The number of benzene rings is 2. The van der Waals surface area contributed by atoms with Gasteiger partial charge in [-0.15, -0.1) is 0 Å². The number of halogens is 1. The Balaban J connectivity index is 2.14. The number of rotatable bonds is 4. The van der Waals surface area contributed by atoms with Crippen molar-refractivity contribution in [2.75, 3.05) is 5.73 Å². The van der Waals surface area contributed by atoms with Crippen LogP contribution in [0.15, 0.2) is 48.5 Å². The molecule has 3 N–H and O–H groups in total. The Labute approximate surface area is 123 Å². The molecule has 4 heteroatoms. The molecule has 0 heterocycles. The number of anilines is 1. The third kappa shape index (κ3) is 3.52. The summed E-state index contributed by atoms with van der Waals surface area (Å²) in [5, 5.41) is 3.68. The minimum absolute atomic E-state index is 0.0567. The average molecular weight is 289 g/mol. The summed E-state index contributed by atoms with van der Waals surface area (Å²) < 4.78 is 0. The summed E-state index contributed by atoms with van der Waals surface area (Å²) in [4.78, 5) is 12.2. The van der Waals surface area contributed by atoms with Gasteiger partial charge in [-0.3, -0.25) is 4.79 Å². The van der Waals surface area contributed by atoms with Gasteiger partial charge in [0, 0.05) is 16.3 Å². The first-order valence-corrected chi connectivity index (χ1v) is 6.90. The van der Waals surface area contributed by atoms with Crippen molar-refractivity contribution in [2.45, 2.75) is 19.4 Å². The van der Waals surface area contributed by atoms with E-state index in [0.717, 1.165) is 12.0 Å². The van der Waals surface area contributed by atoms with Crippen LogP contribution >= 0.6 is 11.6 Å². The van der Waals surface area contributed by atoms with Crippen LogP contribution in [-0.4, -0.2) is 5.91 Å². The van der Waals surface area contributed by atoms with Gasteiger partial charge in [0.2, 0.25) is 0 Å². The number of nitrogens with two attached hydrogens (primary N) is 1. The Morgan fingerprint density at radius 1 is 1.25 bits per heavy atom. The minimum Gasteiger partial charge on any atom is -0.399 e. The van der Waals surface area contributed by atoms with Gasteiger partial charge in [-0.05, 0) is 48.4 Å². The van der Waals surface area contributed by atoms with E-state index in [1.165, 1.54) is 0 Å². The summed E-state index contributed by atoms with van der Waals surface area (Å²) in [7, 11) is 0. The molecule has 2 aromatic rings. The number of nitrogens with one attached hydrogen (secondary N) is 1. The van der Waals surface area contributed by atoms with Crippen molar-refractivity contribution >= 4 is 23.2 Å². The van der Waals surface area contributed by atoms with Crippen molar-refractivity contribution in [3.05, 3.63) is 64.7 Å². The topological polar surface area (TPSA) is 55.1 Å². The predicted molar refractivity (Wildman–Crippen MR) is 82.8 cm³/mol. The normalized spacial score (nSPS) is 11.9. The fraction of sp³-hybridized carbons (Fsp3) is 0.188. The second kappa shape index (κ2) is 6.44. The monoisotopic (exact) mass is 288 g/mol. The lowest BCUT2D eigenvalue weighted by atomic mass is 10.0. The number of hydrogen-bond acceptors (Lipinski definition) is 2. The smallest absolute Gasteiger partial charge is 0.251 e. The maximum absolute atomic E-state index is 12.2. The quantitative estimate of drug-likeness (QED) is 0.841. The van der Waals surface area contributed by atoms with Crippen LogP contribution in [0.2, 0.25) is 5.02 Å². The van der Waals surface area contributed by atoms with Gasteiger partial charge in [0.1, 0.15) is 0 Å². The number of carbonyl (C=O) groups excluding carboxylic acids is 1. The number of amides is 1. The van der Waals surface area contributed by atoms with Gasteiger partial charge in [-0.2, -0.15) is 0 Å². The molecule has 1 unspecified atom stereocenters. The summed E-state index contributed by atoms with van der Waals surface area (Å²) in [6, 6.07) is 14.4. The van der Waals surface area contributed by atoms with Crippen molar-refractivity contribution < 1.29 is 4.79 Å². The summed E-state index contributed by atoms with van der Waals surface area (Å²) in [5.74, 6) is -0.114. The SMILES string of the molecule is CCC(NC(=O)c1ccc(N)cc1)c1cccc(Cl)c1. The first-order chi connectivity index (χ1) is 9.60. The standard InChI is InChI=1S/C16H17ClN2O/c1-2-15(12-4-3-5-13(17)10-12)19-16(20)11-6-8-14(18)9-7-11/h3-10,15H,2,18H2,1H3,(H,19,20). The molecule has 2 rings (SSSR count). The fourth-order valence-corrected chi connectivity index (χ4v) is 2.22. The number of carbonyl (C=O) groups is 1. The molecule has 0 bridgehead atoms. The highest BCUT2D eigenvalue weighted by atomic mass is 35.5. The van der Waals surface area contributed by atoms with Gasteiger partial charge in [0.25, 0.3) is 5.91 Å². The number of hydrogen-bond donors (Lipinski definition) is 2. The molecule has 20 heavy (non-hydrogen) atoms. The first-order valence-electron chi connectivity index (χ1n) is 6.52.